The molecule has 0 bridgehead atoms. The van der Waals surface area contributed by atoms with Crippen LogP contribution in [0.4, 0.5) is 0 Å². The first-order chi connectivity index (χ1) is 11.9. The molecule has 0 aliphatic rings. The van der Waals surface area contributed by atoms with Crippen molar-refractivity contribution in [2.45, 2.75) is 38.5 Å². The van der Waals surface area contributed by atoms with Crippen LogP contribution in [0.2, 0.25) is 0 Å². The van der Waals surface area contributed by atoms with Crippen molar-refractivity contribution in [3.05, 3.63) is 59.7 Å². The van der Waals surface area contributed by atoms with Crippen molar-refractivity contribution in [3.8, 4) is 11.5 Å². The van der Waals surface area contributed by atoms with Crippen molar-refractivity contribution in [2.24, 2.45) is 4.40 Å². The Bertz CT molecular complexity index is 676. The van der Waals surface area contributed by atoms with E-state index in [9.17, 15) is 4.55 Å². The van der Waals surface area contributed by atoms with Crippen molar-refractivity contribution in [3.63, 3.8) is 0 Å². The van der Waals surface area contributed by atoms with Gasteiger partial charge in [-0.1, -0.05) is 28.7 Å². The van der Waals surface area contributed by atoms with Gasteiger partial charge in [-0.3, -0.25) is 0 Å². The van der Waals surface area contributed by atoms with E-state index in [1.165, 1.54) is 0 Å². The van der Waals surface area contributed by atoms with Gasteiger partial charge in [0.05, 0.1) is 13.3 Å². The van der Waals surface area contributed by atoms with Gasteiger partial charge in [-0.25, -0.2) is 0 Å². The summed E-state index contributed by atoms with van der Waals surface area (Å²) in [5.41, 5.74) is 2.19. The predicted molar refractivity (Wildman–Crippen MR) is 104 cm³/mol. The molecule has 0 saturated carbocycles. The zero-order valence-electron chi connectivity index (χ0n) is 15.2. The summed E-state index contributed by atoms with van der Waals surface area (Å²) in [5.74, 6) is 1.65. The van der Waals surface area contributed by atoms with Gasteiger partial charge in [-0.05, 0) is 56.2 Å². The Morgan fingerprint density at radius 2 is 1.52 bits per heavy atom. The van der Waals surface area contributed by atoms with Crippen molar-refractivity contribution < 1.29 is 14.0 Å². The molecule has 5 heteroatoms. The Hall–Kier alpha value is -1.98. The smallest absolute Gasteiger partial charge is 0.144 e. The minimum Gasteiger partial charge on any atom is -0.591 e. The molecule has 0 aliphatic carbocycles. The topological polar surface area (TPSA) is 53.9 Å². The molecule has 2 aromatic rings. The third-order valence-corrected chi connectivity index (χ3v) is 4.90. The summed E-state index contributed by atoms with van der Waals surface area (Å²) in [6, 6.07) is 15.7. The highest BCUT2D eigenvalue weighted by Gasteiger charge is 2.25. The van der Waals surface area contributed by atoms with Crippen LogP contribution in [0.25, 0.3) is 0 Å². The van der Waals surface area contributed by atoms with Gasteiger partial charge in [0.25, 0.3) is 0 Å². The maximum atomic E-state index is 11.9. The van der Waals surface area contributed by atoms with E-state index in [0.717, 1.165) is 22.6 Å². The minimum atomic E-state index is -1.21. The summed E-state index contributed by atoms with van der Waals surface area (Å²) < 4.78 is 26.6. The molecular weight excluding hydrogens is 334 g/mol. The highest BCUT2D eigenvalue weighted by molar-refractivity contribution is 7.91. The van der Waals surface area contributed by atoms with Crippen LogP contribution in [0, 0.1) is 0 Å². The maximum Gasteiger partial charge on any atom is 0.144 e. The Labute approximate surface area is 153 Å². The highest BCUT2D eigenvalue weighted by atomic mass is 32.2. The Morgan fingerprint density at radius 3 is 2.08 bits per heavy atom. The largest absolute Gasteiger partial charge is 0.591 e. The molecule has 1 atom stereocenters. The molecule has 0 amide bonds. The lowest BCUT2D eigenvalue weighted by molar-refractivity contribution is 0.306. The van der Waals surface area contributed by atoms with Gasteiger partial charge in [-0.15, -0.1) is 0 Å². The molecule has 134 valence electrons. The number of rotatable bonds is 7. The fourth-order valence-electron chi connectivity index (χ4n) is 1.98. The molecule has 0 radical (unpaired) electrons. The van der Waals surface area contributed by atoms with E-state index in [-0.39, 0.29) is 4.75 Å². The average molecular weight is 359 g/mol. The molecule has 1 unspecified atom stereocenters. The van der Waals surface area contributed by atoms with Crippen LogP contribution in [-0.2, 0) is 24.4 Å². The fraction of sp³-hybridized carbons (Fsp3) is 0.350. The molecule has 4 nitrogen and oxygen atoms in total. The number of benzene rings is 2. The number of hydrogen-bond donors (Lipinski definition) is 0. The van der Waals surface area contributed by atoms with Crippen LogP contribution in [-0.4, -0.2) is 22.6 Å². The zero-order valence-corrected chi connectivity index (χ0v) is 16.0. The third kappa shape index (κ3) is 6.44. The van der Waals surface area contributed by atoms with Crippen molar-refractivity contribution in [2.75, 3.05) is 7.11 Å². The summed E-state index contributed by atoms with van der Waals surface area (Å²) in [6.07, 6.45) is 2.37. The highest BCUT2D eigenvalue weighted by Crippen LogP contribution is 2.18. The molecule has 0 saturated heterocycles. The second-order valence-corrected chi connectivity index (χ2v) is 8.57. The number of methoxy groups -OCH3 is 1. The quantitative estimate of drug-likeness (QED) is 0.545. The Balaban J connectivity index is 1.84. The first-order valence-electron chi connectivity index (χ1n) is 8.17. The van der Waals surface area contributed by atoms with Crippen LogP contribution in [0.15, 0.2) is 52.9 Å². The van der Waals surface area contributed by atoms with Crippen LogP contribution < -0.4 is 9.47 Å². The van der Waals surface area contributed by atoms with E-state index in [2.05, 4.69) is 4.40 Å². The van der Waals surface area contributed by atoms with Crippen LogP contribution >= 0.6 is 0 Å². The van der Waals surface area contributed by atoms with E-state index in [1.807, 2.05) is 69.3 Å². The molecule has 0 N–H and O–H groups in total. The van der Waals surface area contributed by atoms with Crippen molar-refractivity contribution in [1.82, 2.24) is 0 Å². The molecule has 2 aromatic carbocycles. The second-order valence-electron chi connectivity index (χ2n) is 6.63. The summed E-state index contributed by atoms with van der Waals surface area (Å²) in [4.78, 5) is 0. The lowest BCUT2D eigenvalue weighted by Crippen LogP contribution is -2.25. The molecule has 2 rings (SSSR count). The summed E-state index contributed by atoms with van der Waals surface area (Å²) >= 11 is -1.21. The summed E-state index contributed by atoms with van der Waals surface area (Å²) in [6.45, 7) is 6.25. The monoisotopic (exact) mass is 359 g/mol. The van der Waals surface area contributed by atoms with E-state index in [0.29, 0.717) is 13.0 Å². The van der Waals surface area contributed by atoms with Crippen LogP contribution in [0.5, 0.6) is 11.5 Å². The average Bonchev–Trinajstić information content (AvgIpc) is 2.60. The zero-order chi connectivity index (χ0) is 18.3. The SMILES string of the molecule is COc1ccc(COc2ccc(CC=N[S+]([O-])C(C)(C)C)cc2)cc1. The van der Waals surface area contributed by atoms with Gasteiger partial charge >= 0.3 is 0 Å². The summed E-state index contributed by atoms with van der Waals surface area (Å²) in [5, 5.41) is 0. The van der Waals surface area contributed by atoms with Crippen molar-refractivity contribution in [1.29, 1.82) is 0 Å². The second kappa shape index (κ2) is 8.92. The lowest BCUT2D eigenvalue weighted by Gasteiger charge is -2.17. The lowest BCUT2D eigenvalue weighted by atomic mass is 10.1. The standard InChI is InChI=1S/C20H25NO3S/c1-20(2,3)25(22)21-14-13-16-5-11-19(12-6-16)24-15-17-7-9-18(23-4)10-8-17/h5-12,14H,13,15H2,1-4H3. The predicted octanol–water partition coefficient (Wildman–Crippen LogP) is 4.35. The molecule has 0 spiro atoms. The van der Waals surface area contributed by atoms with E-state index < -0.39 is 11.4 Å². The van der Waals surface area contributed by atoms with E-state index in [1.54, 1.807) is 13.3 Å². The van der Waals surface area contributed by atoms with Gasteiger partial charge in [0.15, 0.2) is 0 Å². The normalized spacial score (nSPS) is 13.0. The first-order valence-corrected chi connectivity index (χ1v) is 9.28. The molecule has 0 aliphatic heterocycles. The van der Waals surface area contributed by atoms with Crippen LogP contribution in [0.1, 0.15) is 31.9 Å². The number of ether oxygens (including phenoxy) is 2. The molecule has 25 heavy (non-hydrogen) atoms. The van der Waals surface area contributed by atoms with E-state index >= 15 is 0 Å². The number of hydrogen-bond acceptors (Lipinski definition) is 4. The maximum absolute atomic E-state index is 11.9. The summed E-state index contributed by atoms with van der Waals surface area (Å²) in [7, 11) is 1.65. The third-order valence-electron chi connectivity index (χ3n) is 3.51. The minimum absolute atomic E-state index is 0.324. The molecule has 0 aromatic heterocycles. The van der Waals surface area contributed by atoms with E-state index in [4.69, 9.17) is 9.47 Å². The van der Waals surface area contributed by atoms with Gasteiger partial charge in [0, 0.05) is 6.42 Å². The van der Waals surface area contributed by atoms with Crippen molar-refractivity contribution >= 4 is 17.6 Å². The molecular formula is C20H25NO3S. The Kier molecular flexibility index (Phi) is 6.91. The number of nitrogens with zero attached hydrogens (tertiary/aromatic N) is 1. The van der Waals surface area contributed by atoms with Crippen LogP contribution in [0.3, 0.4) is 0 Å². The first kappa shape index (κ1) is 19.3. The van der Waals surface area contributed by atoms with Gasteiger partial charge in [-0.2, -0.15) is 0 Å². The van der Waals surface area contributed by atoms with Gasteiger partial charge in [0.1, 0.15) is 34.2 Å². The van der Waals surface area contributed by atoms with Gasteiger partial charge in [0.2, 0.25) is 0 Å². The molecule has 0 fully saturated rings. The molecule has 0 heterocycles. The fourth-order valence-corrected chi connectivity index (χ4v) is 2.50. The Morgan fingerprint density at radius 1 is 0.960 bits per heavy atom. The van der Waals surface area contributed by atoms with Gasteiger partial charge < -0.3 is 14.0 Å².